The molecule has 0 spiro atoms. The van der Waals surface area contributed by atoms with E-state index in [0.717, 1.165) is 57.7 Å². The van der Waals surface area contributed by atoms with Crippen molar-refractivity contribution in [2.75, 3.05) is 12.4 Å². The second-order valence-electron chi connectivity index (χ2n) is 19.7. The molecule has 0 radical (unpaired) electrons. The number of benzene rings is 3. The lowest BCUT2D eigenvalue weighted by Crippen LogP contribution is -2.37. The fourth-order valence-electron chi connectivity index (χ4n) is 11.8. The van der Waals surface area contributed by atoms with Crippen LogP contribution in [0, 0.1) is 34.0 Å². The van der Waals surface area contributed by atoms with Crippen molar-refractivity contribution in [3.8, 4) is 29.1 Å². The van der Waals surface area contributed by atoms with Crippen LogP contribution in [-0.4, -0.2) is 39.1 Å². The van der Waals surface area contributed by atoms with Crippen LogP contribution in [0.1, 0.15) is 151 Å². The minimum atomic E-state index is -0.725. The van der Waals surface area contributed by atoms with Crippen LogP contribution in [0.2, 0.25) is 0 Å². The number of carbonyl (C=O) groups is 2. The molecule has 4 aromatic rings. The first kappa shape index (κ1) is 43.8. The van der Waals surface area contributed by atoms with Gasteiger partial charge >= 0.3 is 0 Å². The monoisotopic (exact) mass is 883 g/mol. The minimum absolute atomic E-state index is 0.0278. The second kappa shape index (κ2) is 18.2. The third kappa shape index (κ3) is 9.40. The summed E-state index contributed by atoms with van der Waals surface area (Å²) in [5.74, 6) is 9.14. The van der Waals surface area contributed by atoms with Gasteiger partial charge in [-0.15, -0.1) is 0 Å². The Kier molecular flexibility index (Phi) is 12.7. The number of aromatic nitrogens is 1. The number of hydrogen-bond donors (Lipinski definition) is 5. The van der Waals surface area contributed by atoms with Gasteiger partial charge in [0.2, 0.25) is 0 Å². The van der Waals surface area contributed by atoms with E-state index in [1.807, 2.05) is 64.1 Å². The van der Waals surface area contributed by atoms with E-state index in [2.05, 4.69) is 35.9 Å². The number of rotatable bonds is 3. The number of nitrogens with one attached hydrogen (secondary N) is 1. The number of Topliss-reactive ketones (excluding diaryl/α,β-unsaturated/α-hetero) is 1. The van der Waals surface area contributed by atoms with Gasteiger partial charge in [-0.3, -0.25) is 9.59 Å². The summed E-state index contributed by atoms with van der Waals surface area (Å²) in [6, 6.07) is 16.8. The Hall–Kier alpha value is -4.40. The van der Waals surface area contributed by atoms with Crippen molar-refractivity contribution < 1.29 is 24.5 Å². The van der Waals surface area contributed by atoms with Crippen molar-refractivity contribution in [2.24, 2.45) is 33.6 Å². The molecular weight excluding hydrogens is 823 g/mol. The average Bonchev–Trinajstić information content (AvgIpc) is 4.00. The van der Waals surface area contributed by atoms with Crippen LogP contribution in [0.4, 0.5) is 0 Å². The lowest BCUT2D eigenvalue weighted by Gasteiger charge is -2.46. The second-order valence-corrected chi connectivity index (χ2v) is 22.1. The third-order valence-corrected chi connectivity index (χ3v) is 17.9. The zero-order valence-corrected chi connectivity index (χ0v) is 38.1. The summed E-state index contributed by atoms with van der Waals surface area (Å²) in [6.45, 7) is 2.77. The van der Waals surface area contributed by atoms with Crippen LogP contribution < -0.4 is 16.2 Å². The molecule has 8 nitrogen and oxygen atoms in total. The largest absolute Gasteiger partial charge is 0.508 e. The highest BCUT2D eigenvalue weighted by Gasteiger charge is 2.55. The SMILES string of the molecule is CC1(CC2CCC34CCC2(C=CC(=O)CCc2ccc(O)c(c2)OCCc2ccc(O)c(c2)C2CC(=O)c5cc[nH]c5CC#Cc5cc(C(N)N)c(cc52)CSSC3)C4)CCCC1. The molecule has 330 valence electrons. The number of nitrogens with two attached hydrogens (primary N) is 2. The molecule has 0 saturated heterocycles. The van der Waals surface area contributed by atoms with Gasteiger partial charge in [-0.05, 0) is 144 Å². The van der Waals surface area contributed by atoms with E-state index in [4.69, 9.17) is 16.2 Å². The van der Waals surface area contributed by atoms with E-state index in [-0.39, 0.29) is 46.9 Å². The van der Waals surface area contributed by atoms with E-state index in [9.17, 15) is 19.8 Å². The predicted molar refractivity (Wildman–Crippen MR) is 254 cm³/mol. The molecule has 4 unspecified atom stereocenters. The molecule has 5 aliphatic rings. The van der Waals surface area contributed by atoms with E-state index < -0.39 is 12.1 Å². The molecule has 63 heavy (non-hydrogen) atoms. The van der Waals surface area contributed by atoms with E-state index in [1.54, 1.807) is 18.3 Å². The predicted octanol–water partition coefficient (Wildman–Crippen LogP) is 10.8. The first-order chi connectivity index (χ1) is 30.4. The summed E-state index contributed by atoms with van der Waals surface area (Å²) in [4.78, 5) is 31.1. The first-order valence-electron chi connectivity index (χ1n) is 23.0. The molecule has 8 bridgehead atoms. The summed E-state index contributed by atoms with van der Waals surface area (Å²) < 4.78 is 6.19. The lowest BCUT2D eigenvalue weighted by molar-refractivity contribution is -0.114. The van der Waals surface area contributed by atoms with Gasteiger partial charge < -0.3 is 31.4 Å². The van der Waals surface area contributed by atoms with Gasteiger partial charge in [0.1, 0.15) is 5.75 Å². The Balaban J connectivity index is 1.08. The molecule has 7 N–H and O–H groups in total. The van der Waals surface area contributed by atoms with E-state index >= 15 is 0 Å². The highest BCUT2D eigenvalue weighted by atomic mass is 33.1. The number of phenolic OH excluding ortho intramolecular Hbond substituents is 2. The van der Waals surface area contributed by atoms with Gasteiger partial charge in [0.15, 0.2) is 23.1 Å². The average molecular weight is 884 g/mol. The van der Waals surface area contributed by atoms with Crippen LogP contribution in [0.3, 0.4) is 0 Å². The number of ketones is 2. The number of aromatic amines is 1. The van der Waals surface area contributed by atoms with Gasteiger partial charge in [-0.1, -0.05) is 83.5 Å². The number of carbonyl (C=O) groups excluding carboxylic acids is 2. The first-order valence-corrected chi connectivity index (χ1v) is 25.5. The van der Waals surface area contributed by atoms with Gasteiger partial charge in [-0.25, -0.2) is 0 Å². The van der Waals surface area contributed by atoms with Gasteiger partial charge in [0.25, 0.3) is 0 Å². The summed E-state index contributed by atoms with van der Waals surface area (Å²) in [5, 5.41) is 22.4. The number of H-pyrrole nitrogens is 1. The van der Waals surface area contributed by atoms with Crippen molar-refractivity contribution in [3.05, 3.63) is 123 Å². The number of allylic oxidation sites excluding steroid dienone is 2. The molecule has 1 aliphatic heterocycles. The summed E-state index contributed by atoms with van der Waals surface area (Å²) in [5.41, 5.74) is 21.0. The van der Waals surface area contributed by atoms with Gasteiger partial charge in [0.05, 0.1) is 19.2 Å². The van der Waals surface area contributed by atoms with Crippen LogP contribution in [0.5, 0.6) is 17.2 Å². The van der Waals surface area contributed by atoms with Crippen LogP contribution in [-0.2, 0) is 29.8 Å². The maximum absolute atomic E-state index is 14.2. The maximum atomic E-state index is 14.2. The number of hydrogen-bond acceptors (Lipinski definition) is 9. The minimum Gasteiger partial charge on any atom is -0.508 e. The van der Waals surface area contributed by atoms with Crippen molar-refractivity contribution in [2.45, 2.75) is 121 Å². The molecule has 2 heterocycles. The lowest BCUT2D eigenvalue weighted by atomic mass is 9.59. The topological polar surface area (TPSA) is 152 Å². The van der Waals surface area contributed by atoms with Crippen LogP contribution >= 0.6 is 21.6 Å². The molecule has 4 aliphatic carbocycles. The molecular formula is C53H61N3O5S2. The highest BCUT2D eigenvalue weighted by Crippen LogP contribution is 2.65. The third-order valence-electron chi connectivity index (χ3n) is 15.3. The van der Waals surface area contributed by atoms with Crippen molar-refractivity contribution in [3.63, 3.8) is 0 Å². The van der Waals surface area contributed by atoms with Crippen molar-refractivity contribution >= 4 is 33.2 Å². The Morgan fingerprint density at radius 1 is 0.905 bits per heavy atom. The molecule has 10 heteroatoms. The summed E-state index contributed by atoms with van der Waals surface area (Å²) >= 11 is 0. The normalized spacial score (nSPS) is 26.2. The van der Waals surface area contributed by atoms with Crippen LogP contribution in [0.15, 0.2) is 72.9 Å². The number of aromatic hydroxyl groups is 2. The summed E-state index contributed by atoms with van der Waals surface area (Å²) in [7, 11) is 3.77. The molecule has 3 aromatic carbocycles. The fourth-order valence-corrected chi connectivity index (χ4v) is 14.6. The molecule has 9 rings (SSSR count). The standard InChI is InChI=1S/C53H61N3O5S2/c1-51(17-2-3-18-51)30-38-13-19-52-21-22-53(38,32-52)20-14-39(57)10-7-34-9-12-47(59)49(26-34)61-24-16-35-8-11-46(58)44(25-35)43-29-48(60)40-15-23-56-45(40)6-4-5-36-27-42(50(54)55)37(28-41(36)43)31-62-63-33-52/h8-9,11-12,14-15,20,23,25-28,38,43,50,56,58-59H,2-3,6-7,10,13,16-19,21-22,24,29-33,54-55H2,1H3. The van der Waals surface area contributed by atoms with Crippen LogP contribution in [0.25, 0.3) is 0 Å². The molecule has 3 saturated carbocycles. The number of fused-ring (bicyclic) bond motifs is 7. The quantitative estimate of drug-likeness (QED) is 0.0769. The number of aryl methyl sites for hydroxylation is 1. The molecule has 0 amide bonds. The summed E-state index contributed by atoms with van der Waals surface area (Å²) in [6.07, 6.45) is 19.6. The molecule has 1 aromatic heterocycles. The number of ether oxygens (including phenoxy) is 1. The van der Waals surface area contributed by atoms with E-state index in [0.29, 0.717) is 59.6 Å². The Bertz CT molecular complexity index is 2470. The Labute approximate surface area is 380 Å². The zero-order valence-electron chi connectivity index (χ0n) is 36.5. The van der Waals surface area contributed by atoms with Crippen molar-refractivity contribution in [1.29, 1.82) is 0 Å². The van der Waals surface area contributed by atoms with Crippen molar-refractivity contribution in [1.82, 2.24) is 4.98 Å². The Morgan fingerprint density at radius 3 is 2.54 bits per heavy atom. The fraction of sp³-hybridized carbons (Fsp3) is 0.472. The van der Waals surface area contributed by atoms with Gasteiger partial charge in [0, 0.05) is 65.3 Å². The zero-order chi connectivity index (χ0) is 43.8. The highest BCUT2D eigenvalue weighted by molar-refractivity contribution is 8.76. The molecule has 3 fully saturated rings. The maximum Gasteiger partial charge on any atom is 0.165 e. The van der Waals surface area contributed by atoms with Gasteiger partial charge in [-0.2, -0.15) is 0 Å². The Morgan fingerprint density at radius 2 is 1.71 bits per heavy atom. The number of phenols is 2. The smallest absolute Gasteiger partial charge is 0.165 e. The van der Waals surface area contributed by atoms with E-state index in [1.165, 1.54) is 51.4 Å². The molecule has 4 atom stereocenters.